The molecule has 0 aliphatic carbocycles. The van der Waals surface area contributed by atoms with Crippen molar-refractivity contribution in [2.45, 2.75) is 50.9 Å². The van der Waals surface area contributed by atoms with Gasteiger partial charge in [0.15, 0.2) is 0 Å². The lowest BCUT2D eigenvalue weighted by molar-refractivity contribution is -0.138. The lowest BCUT2D eigenvalue weighted by Gasteiger charge is -2.35. The van der Waals surface area contributed by atoms with Gasteiger partial charge in [-0.15, -0.1) is 11.3 Å². The first-order valence-corrected chi connectivity index (χ1v) is 11.5. The highest BCUT2D eigenvalue weighted by atomic mass is 32.1. The quantitative estimate of drug-likeness (QED) is 0.502. The topological polar surface area (TPSA) is 114 Å². The van der Waals surface area contributed by atoms with E-state index >= 15 is 0 Å². The van der Waals surface area contributed by atoms with Gasteiger partial charge in [0.05, 0.1) is 10.3 Å². The fraction of sp³-hybridized carbons (Fsp3) is 0.348. The molecule has 0 spiro atoms. The summed E-state index contributed by atoms with van der Waals surface area (Å²) in [4.78, 5) is 41.6. The van der Waals surface area contributed by atoms with E-state index in [-0.39, 0.29) is 17.7 Å². The van der Waals surface area contributed by atoms with E-state index in [1.54, 1.807) is 23.5 Å². The molecule has 9 heteroatoms. The molecule has 0 bridgehead atoms. The third-order valence-electron chi connectivity index (χ3n) is 5.80. The molecule has 166 valence electrons. The number of nitrogens with zero attached hydrogens (tertiary/aromatic N) is 2. The maximum atomic E-state index is 12.5. The van der Waals surface area contributed by atoms with Gasteiger partial charge in [-0.2, -0.15) is 4.98 Å². The minimum atomic E-state index is -0.706. The fourth-order valence-corrected chi connectivity index (χ4v) is 4.57. The zero-order chi connectivity index (χ0) is 22.6. The molecule has 1 aromatic carbocycles. The number of benzene rings is 1. The summed E-state index contributed by atoms with van der Waals surface area (Å²) >= 11 is 1.54. The van der Waals surface area contributed by atoms with Gasteiger partial charge in [0.25, 0.3) is 0 Å². The molecule has 1 unspecified atom stereocenters. The van der Waals surface area contributed by atoms with Crippen molar-refractivity contribution in [1.82, 2.24) is 15.5 Å². The summed E-state index contributed by atoms with van der Waals surface area (Å²) in [6, 6.07) is 11.1. The molecule has 1 atom stereocenters. The number of nitrogens with one attached hydrogen (secondary N) is 2. The third-order valence-corrected chi connectivity index (χ3v) is 6.66. The molecule has 4 rings (SSSR count). The van der Waals surface area contributed by atoms with Crippen LogP contribution in [0.5, 0.6) is 0 Å². The van der Waals surface area contributed by atoms with Crippen LogP contribution in [0.4, 0.5) is 5.69 Å². The highest BCUT2D eigenvalue weighted by Gasteiger charge is 2.42. The summed E-state index contributed by atoms with van der Waals surface area (Å²) in [5.74, 6) is 0.490. The molecule has 1 aliphatic rings. The molecule has 0 saturated carbocycles. The van der Waals surface area contributed by atoms with E-state index in [9.17, 15) is 14.4 Å². The number of rotatable bonds is 8. The van der Waals surface area contributed by atoms with Gasteiger partial charge in [0.2, 0.25) is 29.4 Å². The predicted molar refractivity (Wildman–Crippen MR) is 120 cm³/mol. The van der Waals surface area contributed by atoms with Crippen molar-refractivity contribution in [2.24, 2.45) is 0 Å². The molecule has 32 heavy (non-hydrogen) atoms. The first kappa shape index (κ1) is 21.9. The third kappa shape index (κ3) is 4.62. The number of aromatic nitrogens is 2. The molecule has 0 radical (unpaired) electrons. The summed E-state index contributed by atoms with van der Waals surface area (Å²) in [5, 5.41) is 11.2. The number of piperidine rings is 1. The number of carbonyl (C=O) groups excluding carboxylic acids is 3. The Hall–Kier alpha value is -3.33. The molecule has 3 aromatic rings. The second kappa shape index (κ2) is 9.44. The lowest BCUT2D eigenvalue weighted by Crippen LogP contribution is -2.51. The van der Waals surface area contributed by atoms with E-state index in [1.165, 1.54) is 0 Å². The van der Waals surface area contributed by atoms with Gasteiger partial charge in [0.1, 0.15) is 0 Å². The van der Waals surface area contributed by atoms with E-state index in [4.69, 9.17) is 4.52 Å². The van der Waals surface area contributed by atoms with Gasteiger partial charge < -0.3 is 9.84 Å². The molecule has 1 fully saturated rings. The summed E-state index contributed by atoms with van der Waals surface area (Å²) in [5.41, 5.74) is 0.804. The van der Waals surface area contributed by atoms with E-state index in [1.807, 2.05) is 36.6 Å². The zero-order valence-electron chi connectivity index (χ0n) is 17.7. The van der Waals surface area contributed by atoms with Crippen molar-refractivity contribution in [3.05, 3.63) is 53.2 Å². The maximum Gasteiger partial charge on any atom is 0.237 e. The first-order chi connectivity index (χ1) is 15.5. The maximum absolute atomic E-state index is 12.5. The van der Waals surface area contributed by atoms with Crippen molar-refractivity contribution in [2.75, 3.05) is 5.32 Å². The van der Waals surface area contributed by atoms with Crippen molar-refractivity contribution < 1.29 is 18.9 Å². The van der Waals surface area contributed by atoms with Gasteiger partial charge in [-0.25, -0.2) is 0 Å². The van der Waals surface area contributed by atoms with Gasteiger partial charge in [0, 0.05) is 24.9 Å². The van der Waals surface area contributed by atoms with Crippen molar-refractivity contribution in [3.8, 4) is 10.7 Å². The second-order valence-electron chi connectivity index (χ2n) is 7.78. The van der Waals surface area contributed by atoms with Gasteiger partial charge in [-0.1, -0.05) is 30.3 Å². The number of anilines is 1. The average Bonchev–Trinajstić information content (AvgIpc) is 3.47. The van der Waals surface area contributed by atoms with Crippen LogP contribution in [0.25, 0.3) is 10.7 Å². The Labute approximate surface area is 189 Å². The standard InChI is InChI=1S/C23H24N4O4S/c1-2-23(13-12-19(29)25-22(23)30)15-8-10-16(11-9-15)24-18(28)6-3-7-20-26-21(27-31-20)17-5-4-14-32-17/h4-5,8-11,14H,2-3,6-7,12-13H2,1H3,(H,24,28)(H,25,29,30). The molecule has 2 aromatic heterocycles. The van der Waals surface area contributed by atoms with E-state index in [0.717, 1.165) is 10.4 Å². The molecule has 1 aliphatic heterocycles. The fourth-order valence-electron chi connectivity index (χ4n) is 3.92. The monoisotopic (exact) mass is 452 g/mol. The Bertz CT molecular complexity index is 1110. The average molecular weight is 453 g/mol. The second-order valence-corrected chi connectivity index (χ2v) is 8.73. The Morgan fingerprint density at radius 2 is 2.06 bits per heavy atom. The zero-order valence-corrected chi connectivity index (χ0v) is 18.5. The lowest BCUT2D eigenvalue weighted by atomic mass is 9.72. The molecular formula is C23H24N4O4S. The molecule has 8 nitrogen and oxygen atoms in total. The summed E-state index contributed by atoms with van der Waals surface area (Å²) in [6.07, 6.45) is 2.85. The number of aryl methyl sites for hydroxylation is 1. The van der Waals surface area contributed by atoms with Crippen LogP contribution in [0.2, 0.25) is 0 Å². The van der Waals surface area contributed by atoms with E-state index < -0.39 is 5.41 Å². The minimum absolute atomic E-state index is 0.109. The SMILES string of the molecule is CCC1(c2ccc(NC(=O)CCCc3nc(-c4cccs4)no3)cc2)CCC(=O)NC1=O. The van der Waals surface area contributed by atoms with Crippen LogP contribution in [0, 0.1) is 0 Å². The molecule has 3 amide bonds. The van der Waals surface area contributed by atoms with Crippen LogP contribution >= 0.6 is 11.3 Å². The highest BCUT2D eigenvalue weighted by molar-refractivity contribution is 7.13. The summed E-state index contributed by atoms with van der Waals surface area (Å²) in [7, 11) is 0. The van der Waals surface area contributed by atoms with Crippen LogP contribution in [0.15, 0.2) is 46.3 Å². The van der Waals surface area contributed by atoms with Crippen LogP contribution in [0.3, 0.4) is 0 Å². The summed E-state index contributed by atoms with van der Waals surface area (Å²) in [6.45, 7) is 1.94. The van der Waals surface area contributed by atoms with Gasteiger partial charge in [-0.3, -0.25) is 19.7 Å². The van der Waals surface area contributed by atoms with Crippen LogP contribution in [-0.2, 0) is 26.2 Å². The van der Waals surface area contributed by atoms with Crippen LogP contribution in [0.1, 0.15) is 50.5 Å². The smallest absolute Gasteiger partial charge is 0.237 e. The Kier molecular flexibility index (Phi) is 6.45. The Morgan fingerprint density at radius 1 is 1.25 bits per heavy atom. The van der Waals surface area contributed by atoms with Gasteiger partial charge >= 0.3 is 0 Å². The Balaban J connectivity index is 1.29. The number of carbonyl (C=O) groups is 3. The van der Waals surface area contributed by atoms with Crippen molar-refractivity contribution in [3.63, 3.8) is 0 Å². The molecule has 3 heterocycles. The normalized spacial score (nSPS) is 18.4. The predicted octanol–water partition coefficient (Wildman–Crippen LogP) is 3.84. The minimum Gasteiger partial charge on any atom is -0.339 e. The highest BCUT2D eigenvalue weighted by Crippen LogP contribution is 2.36. The van der Waals surface area contributed by atoms with Crippen LogP contribution in [-0.4, -0.2) is 27.9 Å². The number of hydrogen-bond donors (Lipinski definition) is 2. The van der Waals surface area contributed by atoms with Crippen molar-refractivity contribution in [1.29, 1.82) is 0 Å². The molecular weight excluding hydrogens is 428 g/mol. The number of hydrogen-bond acceptors (Lipinski definition) is 7. The summed E-state index contributed by atoms with van der Waals surface area (Å²) < 4.78 is 5.25. The largest absolute Gasteiger partial charge is 0.339 e. The number of thiophene rings is 1. The number of amides is 3. The first-order valence-electron chi connectivity index (χ1n) is 10.6. The molecule has 2 N–H and O–H groups in total. The van der Waals surface area contributed by atoms with Crippen molar-refractivity contribution >= 4 is 34.7 Å². The van der Waals surface area contributed by atoms with Crippen LogP contribution < -0.4 is 10.6 Å². The number of imide groups is 1. The Morgan fingerprint density at radius 3 is 2.75 bits per heavy atom. The van der Waals surface area contributed by atoms with E-state index in [2.05, 4.69) is 20.8 Å². The van der Waals surface area contributed by atoms with Gasteiger partial charge in [-0.05, 0) is 48.4 Å². The van der Waals surface area contributed by atoms with E-state index in [0.29, 0.717) is 55.9 Å². The molecule has 1 saturated heterocycles.